The summed E-state index contributed by atoms with van der Waals surface area (Å²) in [5, 5.41) is 33.9. The fourth-order valence-corrected chi connectivity index (χ4v) is 12.8. The number of amides is 4. The molecule has 1 aliphatic rings. The number of carbonyl (C=O) groups excluding carboxylic acids is 8. The molecule has 3 heterocycles. The van der Waals surface area contributed by atoms with E-state index in [9.17, 15) is 48.4 Å². The number of ketones is 2. The molecule has 0 aliphatic carbocycles. The molecule has 32 heteroatoms. The van der Waals surface area contributed by atoms with Crippen LogP contribution in [-0.4, -0.2) is 211 Å². The molecule has 0 bridgehead atoms. The molecule has 0 saturated carbocycles. The van der Waals surface area contributed by atoms with Gasteiger partial charge in [0.25, 0.3) is 18.9 Å². The summed E-state index contributed by atoms with van der Waals surface area (Å²) in [6.45, 7) is 0.811. The molecule has 4 amide bonds. The minimum absolute atomic E-state index is 0.00442. The number of aromatic amines is 1. The number of hydrogen-bond acceptors (Lipinski definition) is 22. The molecule has 5 aromatic rings. The summed E-state index contributed by atoms with van der Waals surface area (Å²) < 4.78 is 29.3. The zero-order chi connectivity index (χ0) is 67.4. The number of carboxylic acid groups (broad SMARTS) is 1. The molecule has 506 valence electrons. The van der Waals surface area contributed by atoms with E-state index in [1.54, 1.807) is 54.3 Å². The number of alkyl halides is 1. The number of nitrogens with zero attached hydrogens (tertiary/aromatic N) is 7. The minimum atomic E-state index is -1.31. The van der Waals surface area contributed by atoms with Crippen LogP contribution in [0.2, 0.25) is 0 Å². The van der Waals surface area contributed by atoms with Crippen LogP contribution in [0.15, 0.2) is 59.9 Å². The smallest absolute Gasteiger partial charge is 0.415 e. The van der Waals surface area contributed by atoms with Gasteiger partial charge in [-0.2, -0.15) is 0 Å². The van der Waals surface area contributed by atoms with Crippen LogP contribution in [0.3, 0.4) is 0 Å². The van der Waals surface area contributed by atoms with Gasteiger partial charge in [0.15, 0.2) is 23.2 Å². The quantitative estimate of drug-likeness (QED) is 0.00396. The maximum absolute atomic E-state index is 14.7. The number of Topliss-reactive ketones (excluding diaryl/α,β-unsaturated/α-hetero) is 2. The SMILES string of the molecule is COc1cc2[nH]cc(C(=O)N3C[C@@H](CCl)c4c3cc(OC(=O)N(C)CCSSC[C@@H](COO)NC(=O)[C@H](COC=O)CC(=O)[C@H](CCCN=C(N)N)NC(=O)[C@H](COC=O)CC(=O)CCCCn3cc(CCCC(=O)O)nn3)c3ccccc43)c2cc1OCCN(C)C. The zero-order valence-corrected chi connectivity index (χ0v) is 54.7. The van der Waals surface area contributed by atoms with Crippen molar-refractivity contribution in [2.75, 3.05) is 103 Å². The molecule has 0 fully saturated rings. The first kappa shape index (κ1) is 73.8. The van der Waals surface area contributed by atoms with Gasteiger partial charge in [0.2, 0.25) is 11.8 Å². The first-order valence-electron chi connectivity index (χ1n) is 30.0. The van der Waals surface area contributed by atoms with Crippen molar-refractivity contribution in [1.82, 2.24) is 40.4 Å². The molecule has 93 heavy (non-hydrogen) atoms. The van der Waals surface area contributed by atoms with Crippen molar-refractivity contribution in [3.63, 3.8) is 0 Å². The van der Waals surface area contributed by atoms with Gasteiger partial charge < -0.3 is 70.6 Å². The number of halogens is 1. The predicted octanol–water partition coefficient (Wildman–Crippen LogP) is 4.94. The second-order valence-electron chi connectivity index (χ2n) is 22.3. The van der Waals surface area contributed by atoms with Crippen molar-refractivity contribution in [3.8, 4) is 17.2 Å². The number of anilines is 1. The summed E-state index contributed by atoms with van der Waals surface area (Å²) in [6, 6.07) is 10.6. The van der Waals surface area contributed by atoms with E-state index in [4.69, 9.17) is 51.9 Å². The first-order chi connectivity index (χ1) is 44.8. The van der Waals surface area contributed by atoms with Crippen LogP contribution in [0.1, 0.15) is 85.3 Å². The summed E-state index contributed by atoms with van der Waals surface area (Å²) in [4.78, 5) is 134. The Morgan fingerprint density at radius 3 is 2.30 bits per heavy atom. The summed E-state index contributed by atoms with van der Waals surface area (Å²) in [6.07, 6.45) is 3.78. The molecule has 3 aromatic carbocycles. The molecule has 5 atom stereocenters. The number of aliphatic imine (C=N–C) groups is 1. The Bertz CT molecular complexity index is 3390. The maximum atomic E-state index is 14.7. The lowest BCUT2D eigenvalue weighted by atomic mass is 9.94. The average Bonchev–Trinajstić information content (AvgIpc) is 1.64. The number of nitrogens with two attached hydrogens (primary N) is 2. The number of ether oxygens (including phenoxy) is 5. The lowest BCUT2D eigenvalue weighted by Crippen LogP contribution is -2.48. The molecule has 9 N–H and O–H groups in total. The monoisotopic (exact) mass is 1350 g/mol. The summed E-state index contributed by atoms with van der Waals surface area (Å²) >= 11 is 6.61. The first-order valence-corrected chi connectivity index (χ1v) is 33.1. The topological polar surface area (TPSA) is 394 Å². The molecule has 6 rings (SSSR count). The number of fused-ring (bicyclic) bond motifs is 4. The van der Waals surface area contributed by atoms with E-state index < -0.39 is 73.2 Å². The average molecular weight is 1350 g/mol. The summed E-state index contributed by atoms with van der Waals surface area (Å²) in [7, 11) is 9.61. The summed E-state index contributed by atoms with van der Waals surface area (Å²) in [5.74, 6) is -4.74. The lowest BCUT2D eigenvalue weighted by Gasteiger charge is -2.24. The van der Waals surface area contributed by atoms with Gasteiger partial charge in [-0.15, -0.1) is 16.7 Å². The van der Waals surface area contributed by atoms with E-state index in [2.05, 4.69) is 35.8 Å². The summed E-state index contributed by atoms with van der Waals surface area (Å²) in [5.41, 5.74) is 14.1. The van der Waals surface area contributed by atoms with Gasteiger partial charge in [-0.1, -0.05) is 51.1 Å². The number of unbranched alkanes of at least 4 members (excludes halogenated alkanes) is 1. The third-order valence-electron chi connectivity index (χ3n) is 15.1. The molecule has 1 aliphatic heterocycles. The van der Waals surface area contributed by atoms with Crippen LogP contribution in [0.5, 0.6) is 17.2 Å². The molecule has 0 radical (unpaired) electrons. The van der Waals surface area contributed by atoms with Crippen molar-refractivity contribution < 1.29 is 82.1 Å². The number of aryl methyl sites for hydroxylation is 2. The predicted molar refractivity (Wildman–Crippen MR) is 349 cm³/mol. The molecular formula is C61H81ClN12O17S2. The molecule has 0 unspecified atom stereocenters. The largest absolute Gasteiger partial charge is 0.493 e. The Balaban J connectivity index is 1.04. The van der Waals surface area contributed by atoms with E-state index in [-0.39, 0.29) is 112 Å². The van der Waals surface area contributed by atoms with Crippen LogP contribution >= 0.6 is 33.2 Å². The Kier molecular flexibility index (Phi) is 30.2. The van der Waals surface area contributed by atoms with Crippen molar-refractivity contribution in [2.24, 2.45) is 28.3 Å². The molecule has 0 saturated heterocycles. The third kappa shape index (κ3) is 22.5. The van der Waals surface area contributed by atoms with E-state index in [0.29, 0.717) is 95.9 Å². The number of nitrogens with one attached hydrogen (secondary N) is 3. The number of rotatable bonds is 44. The fourth-order valence-electron chi connectivity index (χ4n) is 10.3. The number of aliphatic carboxylic acids is 1. The van der Waals surface area contributed by atoms with Gasteiger partial charge in [-0.3, -0.25) is 53.3 Å². The van der Waals surface area contributed by atoms with Crippen molar-refractivity contribution >= 4 is 121 Å². The standard InChI is InChI=1S/C61H81ClN12O17S2/c1-71(2)19-21-89-54-25-46-47(29-66-49(46)26-53(54)86-4)59(83)74-30-40(28-62)56-45-14-6-5-13-44(45)52(27-50(56)74)91-61(84)72(3)20-22-92-93-35-42(34-90-85)67-57(81)39(33-88-37-76)24-51(78)48(15-10-17-65-60(63)64)68-58(82)38(32-87-36-75)23-43(77)12-7-8-18-73-31-41(69-70-73)11-9-16-55(79)80/h5-6,13-14,25-27,29,31,36-40,42,48,66,85H,7-12,15-24,28,30,32-35H2,1-4H3,(H,67,81)(H,68,82)(H,79,80)(H4,63,64,65)/t38-,39-,40+,42+,48-/m0/s1. The van der Waals surface area contributed by atoms with Crippen LogP contribution in [0, 0.1) is 11.8 Å². The molecule has 0 spiro atoms. The van der Waals surface area contributed by atoms with E-state index in [1.165, 1.54) is 26.5 Å². The Morgan fingerprint density at radius 2 is 1.61 bits per heavy atom. The number of hydrogen-bond donors (Lipinski definition) is 7. The van der Waals surface area contributed by atoms with E-state index in [0.717, 1.165) is 10.9 Å². The van der Waals surface area contributed by atoms with Crippen LogP contribution in [0.25, 0.3) is 21.7 Å². The van der Waals surface area contributed by atoms with Crippen molar-refractivity contribution in [2.45, 2.75) is 88.8 Å². The number of guanidine groups is 1. The number of likely N-dealkylation sites (N-methyl/N-ethyl adjacent to an activating group) is 1. The molecule has 29 nitrogen and oxygen atoms in total. The van der Waals surface area contributed by atoms with Crippen LogP contribution in [0.4, 0.5) is 10.5 Å². The Hall–Kier alpha value is -8.23. The van der Waals surface area contributed by atoms with Gasteiger partial charge in [0.1, 0.15) is 38.0 Å². The minimum Gasteiger partial charge on any atom is -0.493 e. The highest BCUT2D eigenvalue weighted by molar-refractivity contribution is 8.76. The highest BCUT2D eigenvalue weighted by atomic mass is 35.5. The molecular weight excluding hydrogens is 1270 g/mol. The van der Waals surface area contributed by atoms with Gasteiger partial charge in [0, 0.05) is 124 Å². The maximum Gasteiger partial charge on any atom is 0.415 e. The number of carbonyl (C=O) groups is 9. The lowest BCUT2D eigenvalue weighted by molar-refractivity contribution is -0.245. The number of H-pyrrole nitrogens is 1. The van der Waals surface area contributed by atoms with Gasteiger partial charge in [-0.25, -0.2) is 9.68 Å². The third-order valence-corrected chi connectivity index (χ3v) is 17.9. The fraction of sp³-hybridized carbons (Fsp3) is 0.508. The second kappa shape index (κ2) is 38.1. The van der Waals surface area contributed by atoms with Crippen LogP contribution < -0.4 is 41.2 Å². The zero-order valence-electron chi connectivity index (χ0n) is 52.3. The number of carboxylic acids is 1. The highest BCUT2D eigenvalue weighted by Crippen LogP contribution is 2.47. The second-order valence-corrected chi connectivity index (χ2v) is 25.2. The number of aromatic nitrogens is 4. The van der Waals surface area contributed by atoms with Crippen molar-refractivity contribution in [1.29, 1.82) is 0 Å². The number of methoxy groups -OCH3 is 1. The Labute approximate surface area is 549 Å². The Morgan fingerprint density at radius 1 is 0.882 bits per heavy atom. The van der Waals surface area contributed by atoms with Gasteiger partial charge in [-0.05, 0) is 69.6 Å². The number of benzene rings is 3. The van der Waals surface area contributed by atoms with E-state index >= 15 is 0 Å². The van der Waals surface area contributed by atoms with Gasteiger partial charge in [0.05, 0.1) is 53.5 Å². The molecule has 2 aromatic heterocycles. The van der Waals surface area contributed by atoms with Crippen LogP contribution in [-0.2, 0) is 60.9 Å². The normalized spacial score (nSPS) is 13.9. The van der Waals surface area contributed by atoms with E-state index in [1.807, 2.05) is 43.3 Å². The van der Waals surface area contributed by atoms with Gasteiger partial charge >= 0.3 is 12.1 Å². The highest BCUT2D eigenvalue weighted by Gasteiger charge is 2.37. The van der Waals surface area contributed by atoms with Crippen molar-refractivity contribution in [3.05, 3.63) is 71.7 Å².